The van der Waals surface area contributed by atoms with Crippen LogP contribution in [0.2, 0.25) is 0 Å². The Hall–Kier alpha value is 1.87. The van der Waals surface area contributed by atoms with Crippen LogP contribution in [0.15, 0.2) is 0 Å². The smallest absolute Gasteiger partial charge is 1.00 e. The normalized spacial score (nSPS) is 4.54. The fraction of sp³-hybridized carbons (Fsp3) is 0. The second-order valence-corrected chi connectivity index (χ2v) is 1.54. The summed E-state index contributed by atoms with van der Waals surface area (Å²) in [5.74, 6) is 0. The molecular formula is H17Na2O10P. The van der Waals surface area contributed by atoms with E-state index >= 15 is 0 Å². The summed E-state index contributed by atoms with van der Waals surface area (Å²) in [6.45, 7) is 0. The zero-order valence-corrected chi connectivity index (χ0v) is 12.1. The van der Waals surface area contributed by atoms with E-state index in [1.165, 1.54) is 0 Å². The molecule has 0 spiro atoms. The Morgan fingerprint density at radius 3 is 0.692 bits per heavy atom. The van der Waals surface area contributed by atoms with Gasteiger partial charge in [-0.05, 0) is 0 Å². The van der Waals surface area contributed by atoms with E-state index in [4.69, 9.17) is 19.2 Å². The molecule has 0 aliphatic rings. The molecule has 0 aliphatic carbocycles. The molecule has 0 atom stereocenters. The van der Waals surface area contributed by atoms with Crippen LogP contribution in [0.3, 0.4) is 0 Å². The third-order valence-corrected chi connectivity index (χ3v) is 0. The van der Waals surface area contributed by atoms with E-state index in [0.29, 0.717) is 0 Å². The van der Waals surface area contributed by atoms with E-state index in [1.807, 2.05) is 0 Å². The molecule has 0 unspecified atom stereocenters. The van der Waals surface area contributed by atoms with Gasteiger partial charge in [-0.1, -0.05) is 0 Å². The van der Waals surface area contributed by atoms with Crippen LogP contribution in [-0.2, 0) is 4.57 Å². The van der Waals surface area contributed by atoms with Gasteiger partial charge in [-0.25, -0.2) is 4.57 Å². The fourth-order valence-electron chi connectivity index (χ4n) is 0. The van der Waals surface area contributed by atoms with Gasteiger partial charge in [-0.2, -0.15) is 0 Å². The first-order chi connectivity index (χ1) is 2.00. The molecule has 0 fully saturated rings. The summed E-state index contributed by atoms with van der Waals surface area (Å²) in [6.07, 6.45) is 0. The first-order valence-electron chi connectivity index (χ1n) is 0.783. The second kappa shape index (κ2) is 37.1. The summed E-state index contributed by atoms with van der Waals surface area (Å²) in [7, 11) is -4.64. The zero-order valence-electron chi connectivity index (χ0n) is 9.20. The van der Waals surface area contributed by atoms with Crippen molar-refractivity contribution in [2.45, 2.75) is 0 Å². The molecular weight excluding hydrogens is 237 g/mol. The fourth-order valence-corrected chi connectivity index (χ4v) is 0. The molecule has 0 aromatic heterocycles. The number of hydrogen-bond acceptors (Lipinski definition) is 1. The van der Waals surface area contributed by atoms with E-state index in [-0.39, 0.29) is 94.8 Å². The van der Waals surface area contributed by atoms with Gasteiger partial charge in [-0.15, -0.1) is 0 Å². The number of rotatable bonds is 0. The monoisotopic (exact) mass is 254 g/mol. The molecule has 0 saturated heterocycles. The summed E-state index contributed by atoms with van der Waals surface area (Å²) in [4.78, 5) is 21.6. The van der Waals surface area contributed by atoms with Gasteiger partial charge in [0.15, 0.2) is 0 Å². The molecule has 13 heavy (non-hydrogen) atoms. The predicted molar refractivity (Wildman–Crippen MR) is 38.2 cm³/mol. The van der Waals surface area contributed by atoms with Crippen molar-refractivity contribution < 1.29 is 114 Å². The van der Waals surface area contributed by atoms with Crippen molar-refractivity contribution in [3.63, 3.8) is 0 Å². The third kappa shape index (κ3) is 559. The second-order valence-electron chi connectivity index (χ2n) is 0.513. The van der Waals surface area contributed by atoms with Gasteiger partial charge in [0, 0.05) is 0 Å². The quantitative estimate of drug-likeness (QED) is 0.280. The van der Waals surface area contributed by atoms with Gasteiger partial charge in [0.2, 0.25) is 0 Å². The van der Waals surface area contributed by atoms with Gasteiger partial charge in [-0.3, -0.25) is 0 Å². The van der Waals surface area contributed by atoms with Crippen LogP contribution < -0.4 is 59.1 Å². The minimum Gasteiger partial charge on any atom is -1.00 e. The summed E-state index contributed by atoms with van der Waals surface area (Å²) < 4.78 is 8.88. The van der Waals surface area contributed by atoms with Crippen molar-refractivity contribution in [2.24, 2.45) is 0 Å². The Kier molecular flexibility index (Phi) is 237. The molecule has 0 aromatic rings. The van der Waals surface area contributed by atoms with Gasteiger partial charge in [0.25, 0.3) is 0 Å². The van der Waals surface area contributed by atoms with Gasteiger partial charge in [0.05, 0.1) is 0 Å². The van der Waals surface area contributed by atoms with Crippen LogP contribution in [-0.4, -0.2) is 47.5 Å². The number of phosphoric acid groups is 1. The molecule has 0 heterocycles. The van der Waals surface area contributed by atoms with Crippen molar-refractivity contribution in [2.75, 3.05) is 0 Å². The Bertz CT molecular complexity index is 67.6. The van der Waals surface area contributed by atoms with Crippen LogP contribution in [0.5, 0.6) is 0 Å². The average Bonchev–Trinajstić information content (AvgIpc) is 0.722. The Labute approximate surface area is 121 Å². The Balaban J connectivity index is -0.00000000178. The average molecular weight is 254 g/mol. The first kappa shape index (κ1) is 83.0. The zero-order chi connectivity index (χ0) is 4.50. The van der Waals surface area contributed by atoms with Gasteiger partial charge >= 0.3 is 66.9 Å². The minimum atomic E-state index is -4.64. The molecule has 13 heteroatoms. The molecule has 0 aliphatic heterocycles. The minimum absolute atomic E-state index is 0. The van der Waals surface area contributed by atoms with E-state index < -0.39 is 7.82 Å². The van der Waals surface area contributed by atoms with E-state index in [1.54, 1.807) is 0 Å². The van der Waals surface area contributed by atoms with Crippen LogP contribution in [0.4, 0.5) is 0 Å². The molecule has 0 aromatic carbocycles. The van der Waals surface area contributed by atoms with Gasteiger partial charge in [0.1, 0.15) is 0 Å². The largest absolute Gasteiger partial charge is 1.00 e. The SMILES string of the molecule is O.O.O.O.O.O.O=P(O)(O)O.[H-].[H-].[Na+].[Na+]. The van der Waals surface area contributed by atoms with Crippen LogP contribution in [0, 0.1) is 0 Å². The maximum atomic E-state index is 8.88. The summed E-state index contributed by atoms with van der Waals surface area (Å²) in [5, 5.41) is 0. The summed E-state index contributed by atoms with van der Waals surface area (Å²) in [6, 6.07) is 0. The van der Waals surface area contributed by atoms with Crippen LogP contribution in [0.25, 0.3) is 0 Å². The molecule has 0 radical (unpaired) electrons. The molecule has 84 valence electrons. The Morgan fingerprint density at radius 2 is 0.692 bits per heavy atom. The van der Waals surface area contributed by atoms with E-state index in [2.05, 4.69) is 0 Å². The predicted octanol–water partition coefficient (Wildman–Crippen LogP) is -11.6. The van der Waals surface area contributed by atoms with Crippen molar-refractivity contribution in [1.82, 2.24) is 0 Å². The van der Waals surface area contributed by atoms with Crippen LogP contribution in [0.1, 0.15) is 2.85 Å². The van der Waals surface area contributed by atoms with E-state index in [0.717, 1.165) is 0 Å². The molecule has 10 nitrogen and oxygen atoms in total. The van der Waals surface area contributed by atoms with Crippen molar-refractivity contribution >= 4 is 7.82 Å². The Morgan fingerprint density at radius 1 is 0.692 bits per heavy atom. The molecule has 0 amide bonds. The van der Waals surface area contributed by atoms with Gasteiger partial charge < -0.3 is 50.4 Å². The van der Waals surface area contributed by atoms with Crippen molar-refractivity contribution in [3.8, 4) is 0 Å². The first-order valence-corrected chi connectivity index (χ1v) is 2.35. The summed E-state index contributed by atoms with van der Waals surface area (Å²) >= 11 is 0. The maximum Gasteiger partial charge on any atom is 1.00 e. The van der Waals surface area contributed by atoms with Crippen molar-refractivity contribution in [3.05, 3.63) is 0 Å². The van der Waals surface area contributed by atoms with E-state index in [9.17, 15) is 0 Å². The molecule has 15 N–H and O–H groups in total. The van der Waals surface area contributed by atoms with Crippen LogP contribution >= 0.6 is 7.82 Å². The molecule has 0 rings (SSSR count). The standard InChI is InChI=1S/2Na.H3O4P.6H2O.2H/c;;1-5(2,3)4;;;;;;;;/h;;(H3,1,2,3,4);6*1H2;;/q2*+1;;;;;;;;2*-1. The molecule has 0 saturated carbocycles. The van der Waals surface area contributed by atoms with Crippen molar-refractivity contribution in [1.29, 1.82) is 0 Å². The topological polar surface area (TPSA) is 267 Å². The summed E-state index contributed by atoms with van der Waals surface area (Å²) in [5.41, 5.74) is 0. The number of hydrogen-bond donors (Lipinski definition) is 3. The molecule has 0 bridgehead atoms. The maximum absolute atomic E-state index is 8.88. The third-order valence-electron chi connectivity index (χ3n) is 0.